The third kappa shape index (κ3) is 3.41. The van der Waals surface area contributed by atoms with E-state index in [-0.39, 0.29) is 16.7 Å². The lowest BCUT2D eigenvalue weighted by Gasteiger charge is -2.06. The number of ether oxygens (including phenoxy) is 1. The summed E-state index contributed by atoms with van der Waals surface area (Å²) in [5, 5.41) is 17.7. The third-order valence-electron chi connectivity index (χ3n) is 2.41. The van der Waals surface area contributed by atoms with E-state index in [4.69, 9.17) is 4.74 Å². The smallest absolute Gasteiger partial charge is 0.291 e. The van der Waals surface area contributed by atoms with Crippen LogP contribution in [0.1, 0.15) is 0 Å². The second-order valence-electron chi connectivity index (χ2n) is 3.86. The lowest BCUT2D eigenvalue weighted by Crippen LogP contribution is -2.32. The van der Waals surface area contributed by atoms with E-state index in [1.807, 2.05) is 0 Å². The van der Waals surface area contributed by atoms with Gasteiger partial charge in [0.05, 0.1) is 18.1 Å². The van der Waals surface area contributed by atoms with Crippen molar-refractivity contribution in [3.63, 3.8) is 0 Å². The van der Waals surface area contributed by atoms with Crippen LogP contribution in [0, 0.1) is 0 Å². The highest BCUT2D eigenvalue weighted by Gasteiger charge is 2.16. The first-order valence-electron chi connectivity index (χ1n) is 5.70. The summed E-state index contributed by atoms with van der Waals surface area (Å²) in [4.78, 5) is 11.8. The molecule has 7 nitrogen and oxygen atoms in total. The first kappa shape index (κ1) is 14.2. The van der Waals surface area contributed by atoms with E-state index >= 15 is 0 Å². The molecule has 0 aliphatic heterocycles. The molecule has 1 amide bonds. The summed E-state index contributed by atoms with van der Waals surface area (Å²) < 4.78 is 10.8. The van der Waals surface area contributed by atoms with Gasteiger partial charge in [0.15, 0.2) is 13.0 Å². The molecule has 2 rings (SSSR count). The van der Waals surface area contributed by atoms with E-state index in [9.17, 15) is 9.90 Å². The van der Waals surface area contributed by atoms with Crippen molar-refractivity contribution in [1.29, 1.82) is 0 Å². The molecule has 0 atom stereocenters. The Labute approximate surface area is 119 Å². The number of carbonyl (C=O) groups is 1. The van der Waals surface area contributed by atoms with Crippen molar-refractivity contribution >= 4 is 23.4 Å². The van der Waals surface area contributed by atoms with Crippen LogP contribution in [0.25, 0.3) is 0 Å². The largest absolute Gasteiger partial charge is 0.538 e. The van der Waals surface area contributed by atoms with Gasteiger partial charge in [-0.2, -0.15) is 0 Å². The first-order valence-corrected chi connectivity index (χ1v) is 6.68. The fourth-order valence-electron chi connectivity index (χ4n) is 1.49. The van der Waals surface area contributed by atoms with E-state index in [0.717, 1.165) is 11.8 Å². The Hall–Kier alpha value is -2.22. The highest BCUT2D eigenvalue weighted by Crippen LogP contribution is 2.22. The zero-order valence-corrected chi connectivity index (χ0v) is 11.8. The van der Waals surface area contributed by atoms with E-state index in [1.165, 1.54) is 4.68 Å². The van der Waals surface area contributed by atoms with Gasteiger partial charge in [-0.15, -0.1) is 0 Å². The molecule has 2 aromatic rings. The molecule has 0 saturated heterocycles. The lowest BCUT2D eigenvalue weighted by atomic mass is 10.3. The molecule has 1 heterocycles. The van der Waals surface area contributed by atoms with Crippen LogP contribution in [-0.4, -0.2) is 24.0 Å². The number of hydrogen-bond acceptors (Lipinski definition) is 6. The highest BCUT2D eigenvalue weighted by molar-refractivity contribution is 7.99. The van der Waals surface area contributed by atoms with Gasteiger partial charge >= 0.3 is 0 Å². The van der Waals surface area contributed by atoms with Crippen molar-refractivity contribution in [2.75, 3.05) is 18.2 Å². The van der Waals surface area contributed by atoms with Gasteiger partial charge in [0.2, 0.25) is 5.91 Å². The number of anilines is 1. The summed E-state index contributed by atoms with van der Waals surface area (Å²) in [6.45, 7) is 0. The maximum Gasteiger partial charge on any atom is 0.291 e. The molecule has 1 N–H and O–H groups in total. The van der Waals surface area contributed by atoms with Crippen LogP contribution < -0.4 is 19.8 Å². The van der Waals surface area contributed by atoms with Gasteiger partial charge in [-0.3, -0.25) is 4.79 Å². The van der Waals surface area contributed by atoms with Crippen LogP contribution in [-0.2, 0) is 11.8 Å². The molecular formula is C12H13N3O4S. The van der Waals surface area contributed by atoms with Gasteiger partial charge in [-0.1, -0.05) is 10.7 Å². The quantitative estimate of drug-likeness (QED) is 0.630. The van der Waals surface area contributed by atoms with Crippen LogP contribution in [0.15, 0.2) is 33.8 Å². The van der Waals surface area contributed by atoms with E-state index in [0.29, 0.717) is 11.4 Å². The summed E-state index contributed by atoms with van der Waals surface area (Å²) >= 11 is 1.07. The summed E-state index contributed by atoms with van der Waals surface area (Å²) in [7, 11) is 3.13. The first-order chi connectivity index (χ1) is 9.60. The van der Waals surface area contributed by atoms with Crippen molar-refractivity contribution in [2.24, 2.45) is 7.05 Å². The molecule has 106 valence electrons. The summed E-state index contributed by atoms with van der Waals surface area (Å²) in [6, 6.07) is 7.02. The number of rotatable bonds is 5. The molecule has 8 heteroatoms. The van der Waals surface area contributed by atoms with Gasteiger partial charge in [0.1, 0.15) is 5.75 Å². The SMILES string of the molecule is COc1cccc(NC(=O)CSc2c([O-])on[n+]2C)c1. The van der Waals surface area contributed by atoms with Gasteiger partial charge in [0.25, 0.3) is 5.03 Å². The Morgan fingerprint density at radius 3 is 3.05 bits per heavy atom. The van der Waals surface area contributed by atoms with Gasteiger partial charge in [0, 0.05) is 11.8 Å². The molecule has 20 heavy (non-hydrogen) atoms. The van der Waals surface area contributed by atoms with E-state index in [1.54, 1.807) is 38.4 Å². The van der Waals surface area contributed by atoms with Crippen LogP contribution in [0.3, 0.4) is 0 Å². The highest BCUT2D eigenvalue weighted by atomic mass is 32.2. The number of nitrogens with one attached hydrogen (secondary N) is 1. The van der Waals surface area contributed by atoms with E-state index in [2.05, 4.69) is 15.1 Å². The zero-order valence-electron chi connectivity index (χ0n) is 11.0. The average molecular weight is 295 g/mol. The molecule has 1 aromatic heterocycles. The monoisotopic (exact) mass is 295 g/mol. The van der Waals surface area contributed by atoms with Crippen LogP contribution >= 0.6 is 11.8 Å². The van der Waals surface area contributed by atoms with E-state index < -0.39 is 5.95 Å². The Morgan fingerprint density at radius 2 is 2.40 bits per heavy atom. The number of aryl methyl sites for hydroxylation is 1. The number of aromatic nitrogens is 2. The van der Waals surface area contributed by atoms with Gasteiger partial charge in [-0.05, 0) is 23.9 Å². The standard InChI is InChI=1S/C12H13N3O4S/c1-15-11(12(17)19-14-15)20-7-10(16)13-8-4-3-5-9(6-8)18-2/h3-6H,7H2,1-2H3,(H-,13,14,16,17). The molecule has 0 fully saturated rings. The minimum absolute atomic E-state index is 0.0848. The molecule has 1 aromatic carbocycles. The maximum atomic E-state index is 11.8. The number of benzene rings is 1. The van der Waals surface area contributed by atoms with Crippen LogP contribution in [0.2, 0.25) is 0 Å². The van der Waals surface area contributed by atoms with Crippen LogP contribution in [0.4, 0.5) is 5.69 Å². The number of hydrogen-bond donors (Lipinski definition) is 1. The van der Waals surface area contributed by atoms with Crippen molar-refractivity contribution in [3.05, 3.63) is 24.3 Å². The maximum absolute atomic E-state index is 11.8. The minimum Gasteiger partial charge on any atom is -0.538 e. The number of carbonyl (C=O) groups excluding carboxylic acids is 1. The number of methoxy groups -OCH3 is 1. The van der Waals surface area contributed by atoms with Crippen LogP contribution in [0.5, 0.6) is 11.7 Å². The van der Waals surface area contributed by atoms with Crippen molar-refractivity contribution in [1.82, 2.24) is 5.27 Å². The second-order valence-corrected chi connectivity index (χ2v) is 4.82. The fourth-order valence-corrected chi connectivity index (χ4v) is 2.21. The molecule has 0 unspecified atom stereocenters. The minimum atomic E-state index is -0.549. The molecule has 0 aliphatic rings. The Balaban J connectivity index is 1.92. The van der Waals surface area contributed by atoms with Crippen molar-refractivity contribution < 1.29 is 23.8 Å². The molecular weight excluding hydrogens is 282 g/mol. The number of amides is 1. The summed E-state index contributed by atoms with van der Waals surface area (Å²) in [5.41, 5.74) is 0.631. The summed E-state index contributed by atoms with van der Waals surface area (Å²) in [5.74, 6) is -0.0418. The Kier molecular flexibility index (Phi) is 4.46. The average Bonchev–Trinajstić information content (AvgIpc) is 2.76. The summed E-state index contributed by atoms with van der Waals surface area (Å²) in [6.07, 6.45) is 0. The zero-order chi connectivity index (χ0) is 14.5. The van der Waals surface area contributed by atoms with Gasteiger partial charge < -0.3 is 19.7 Å². The molecule has 0 aliphatic carbocycles. The predicted octanol–water partition coefficient (Wildman–Crippen LogP) is 0.312. The molecule has 0 spiro atoms. The van der Waals surface area contributed by atoms with Crippen molar-refractivity contribution in [2.45, 2.75) is 5.03 Å². The molecule has 0 bridgehead atoms. The Morgan fingerprint density at radius 1 is 1.60 bits per heavy atom. The number of thioether (sulfide) groups is 1. The fraction of sp³-hybridized carbons (Fsp3) is 0.250. The third-order valence-corrected chi connectivity index (χ3v) is 3.52. The lowest BCUT2D eigenvalue weighted by molar-refractivity contribution is -0.772. The second kappa shape index (κ2) is 6.29. The molecule has 0 saturated carbocycles. The Bertz CT molecular complexity index is 595. The predicted molar refractivity (Wildman–Crippen MR) is 69.5 cm³/mol. The van der Waals surface area contributed by atoms with Gasteiger partial charge in [-0.25, -0.2) is 0 Å². The normalized spacial score (nSPS) is 10.3. The topological polar surface area (TPSA) is 91.3 Å². The van der Waals surface area contributed by atoms with Crippen molar-refractivity contribution in [3.8, 4) is 11.7 Å². The molecule has 0 radical (unpaired) electrons. The number of nitrogens with zero attached hydrogens (tertiary/aromatic N) is 2.